The first-order valence-electron chi connectivity index (χ1n) is 4.78. The van der Waals surface area contributed by atoms with Crippen LogP contribution in [0.15, 0.2) is 0 Å². The Balaban J connectivity index is 0.00000196. The zero-order valence-corrected chi connectivity index (χ0v) is 10.0. The molecule has 0 unspecified atom stereocenters. The fraction of sp³-hybridized carbons (Fsp3) is 0.889. The van der Waals surface area contributed by atoms with Crippen molar-refractivity contribution in [1.29, 1.82) is 0 Å². The van der Waals surface area contributed by atoms with E-state index in [9.17, 15) is 4.79 Å². The summed E-state index contributed by atoms with van der Waals surface area (Å²) < 4.78 is 9.94. The van der Waals surface area contributed by atoms with Gasteiger partial charge < -0.3 is 19.7 Å². The molecule has 1 fully saturated rings. The normalized spacial score (nSPS) is 15.3. The Kier molecular flexibility index (Phi) is 7.68. The van der Waals surface area contributed by atoms with E-state index >= 15 is 0 Å². The Morgan fingerprint density at radius 2 is 2.13 bits per heavy atom. The standard InChI is InChI=1S/C9H18N2O3.ClH/c1-11(8-5-10-6-8)9(12)7-14-4-3-13-2;/h8,10H,3-7H2,1-2H3;1H. The van der Waals surface area contributed by atoms with Gasteiger partial charge in [-0.3, -0.25) is 4.79 Å². The number of ether oxygens (including phenoxy) is 2. The number of methoxy groups -OCH3 is 1. The van der Waals surface area contributed by atoms with Crippen LogP contribution in [0.1, 0.15) is 0 Å². The van der Waals surface area contributed by atoms with Gasteiger partial charge >= 0.3 is 0 Å². The lowest BCUT2D eigenvalue weighted by atomic mass is 10.1. The molecule has 15 heavy (non-hydrogen) atoms. The molecule has 90 valence electrons. The largest absolute Gasteiger partial charge is 0.382 e. The van der Waals surface area contributed by atoms with Crippen molar-refractivity contribution in [3.8, 4) is 0 Å². The van der Waals surface area contributed by atoms with E-state index in [2.05, 4.69) is 5.32 Å². The summed E-state index contributed by atoms with van der Waals surface area (Å²) in [7, 11) is 3.42. The first-order valence-corrected chi connectivity index (χ1v) is 4.78. The molecular formula is C9H19ClN2O3. The second-order valence-electron chi connectivity index (χ2n) is 3.36. The Bertz CT molecular complexity index is 188. The van der Waals surface area contributed by atoms with E-state index in [0.29, 0.717) is 19.3 Å². The molecule has 0 saturated carbocycles. The van der Waals surface area contributed by atoms with Crippen molar-refractivity contribution in [3.05, 3.63) is 0 Å². The smallest absolute Gasteiger partial charge is 0.248 e. The number of carbonyl (C=O) groups excluding carboxylic acids is 1. The van der Waals surface area contributed by atoms with Crippen molar-refractivity contribution in [2.75, 3.05) is 47.1 Å². The molecule has 0 aliphatic carbocycles. The highest BCUT2D eigenvalue weighted by atomic mass is 35.5. The van der Waals surface area contributed by atoms with Gasteiger partial charge in [0.2, 0.25) is 5.91 Å². The van der Waals surface area contributed by atoms with Crippen LogP contribution in [0.2, 0.25) is 0 Å². The summed E-state index contributed by atoms with van der Waals surface area (Å²) in [6.45, 7) is 2.93. The Labute approximate surface area is 96.5 Å². The third-order valence-electron chi connectivity index (χ3n) is 2.36. The van der Waals surface area contributed by atoms with Crippen molar-refractivity contribution >= 4 is 18.3 Å². The van der Waals surface area contributed by atoms with Gasteiger partial charge in [-0.1, -0.05) is 0 Å². The second kappa shape index (κ2) is 7.87. The van der Waals surface area contributed by atoms with Crippen LogP contribution in [0.5, 0.6) is 0 Å². The van der Waals surface area contributed by atoms with E-state index < -0.39 is 0 Å². The molecule has 5 nitrogen and oxygen atoms in total. The van der Waals surface area contributed by atoms with Gasteiger partial charge in [-0.25, -0.2) is 0 Å². The monoisotopic (exact) mass is 238 g/mol. The molecule has 0 bridgehead atoms. The molecule has 0 aromatic rings. The summed E-state index contributed by atoms with van der Waals surface area (Å²) in [6, 6.07) is 0.341. The lowest BCUT2D eigenvalue weighted by Gasteiger charge is -2.35. The van der Waals surface area contributed by atoms with Gasteiger partial charge in [0.15, 0.2) is 0 Å². The molecule has 6 heteroatoms. The molecule has 0 atom stereocenters. The van der Waals surface area contributed by atoms with Crippen LogP contribution in [-0.4, -0.2) is 63.9 Å². The number of amides is 1. The van der Waals surface area contributed by atoms with Gasteiger partial charge in [-0.2, -0.15) is 0 Å². The first kappa shape index (κ1) is 14.6. The maximum atomic E-state index is 11.5. The number of nitrogens with zero attached hydrogens (tertiary/aromatic N) is 1. The van der Waals surface area contributed by atoms with Crippen molar-refractivity contribution < 1.29 is 14.3 Å². The summed E-state index contributed by atoms with van der Waals surface area (Å²) >= 11 is 0. The molecule has 1 amide bonds. The fourth-order valence-corrected chi connectivity index (χ4v) is 1.15. The van der Waals surface area contributed by atoms with E-state index in [1.54, 1.807) is 12.0 Å². The molecule has 1 N–H and O–H groups in total. The predicted octanol–water partition coefficient (Wildman–Crippen LogP) is -0.499. The average molecular weight is 239 g/mol. The van der Waals surface area contributed by atoms with Crippen molar-refractivity contribution in [2.24, 2.45) is 0 Å². The highest BCUT2D eigenvalue weighted by Crippen LogP contribution is 2.02. The zero-order chi connectivity index (χ0) is 10.4. The number of nitrogens with one attached hydrogen (secondary N) is 1. The number of rotatable bonds is 6. The molecule has 1 heterocycles. The third-order valence-corrected chi connectivity index (χ3v) is 2.36. The quantitative estimate of drug-likeness (QED) is 0.634. The van der Waals surface area contributed by atoms with Crippen LogP contribution in [0, 0.1) is 0 Å². The summed E-state index contributed by atoms with van der Waals surface area (Å²) in [6.07, 6.45) is 0. The maximum Gasteiger partial charge on any atom is 0.248 e. The topological polar surface area (TPSA) is 50.8 Å². The van der Waals surface area contributed by atoms with E-state index in [0.717, 1.165) is 13.1 Å². The number of hydrogen-bond donors (Lipinski definition) is 1. The lowest BCUT2D eigenvalue weighted by Crippen LogP contribution is -2.58. The molecular weight excluding hydrogens is 220 g/mol. The predicted molar refractivity (Wildman–Crippen MR) is 59.4 cm³/mol. The van der Waals surface area contributed by atoms with Gasteiger partial charge in [0.25, 0.3) is 0 Å². The molecule has 1 aliphatic rings. The van der Waals surface area contributed by atoms with Crippen LogP contribution in [0.3, 0.4) is 0 Å². The van der Waals surface area contributed by atoms with Gasteiger partial charge in [0.1, 0.15) is 6.61 Å². The van der Waals surface area contributed by atoms with Gasteiger partial charge in [0.05, 0.1) is 19.3 Å². The lowest BCUT2D eigenvalue weighted by molar-refractivity contribution is -0.138. The van der Waals surface area contributed by atoms with E-state index in [4.69, 9.17) is 9.47 Å². The molecule has 0 aromatic heterocycles. The van der Waals surface area contributed by atoms with E-state index in [1.165, 1.54) is 0 Å². The van der Waals surface area contributed by atoms with Crippen LogP contribution in [0.4, 0.5) is 0 Å². The van der Waals surface area contributed by atoms with Gasteiger partial charge in [-0.15, -0.1) is 12.4 Å². The highest BCUT2D eigenvalue weighted by molar-refractivity contribution is 5.85. The SMILES string of the molecule is COCCOCC(=O)N(C)C1CNC1.Cl. The van der Waals surface area contributed by atoms with E-state index in [1.807, 2.05) is 7.05 Å². The summed E-state index contributed by atoms with van der Waals surface area (Å²) in [4.78, 5) is 13.2. The number of halogens is 1. The number of likely N-dealkylation sites (N-methyl/N-ethyl adjacent to an activating group) is 1. The van der Waals surface area contributed by atoms with Crippen molar-refractivity contribution in [3.63, 3.8) is 0 Å². The minimum atomic E-state index is 0. The minimum absolute atomic E-state index is 0. The van der Waals surface area contributed by atoms with Crippen LogP contribution >= 0.6 is 12.4 Å². The number of carbonyl (C=O) groups is 1. The zero-order valence-electron chi connectivity index (χ0n) is 9.19. The fourth-order valence-electron chi connectivity index (χ4n) is 1.15. The summed E-state index contributed by atoms with van der Waals surface area (Å²) in [5.41, 5.74) is 0. The summed E-state index contributed by atoms with van der Waals surface area (Å²) in [5.74, 6) is 0.0348. The van der Waals surface area contributed by atoms with Gasteiger partial charge in [0, 0.05) is 27.2 Å². The number of hydrogen-bond acceptors (Lipinski definition) is 4. The average Bonchev–Trinajstić information content (AvgIpc) is 2.09. The first-order chi connectivity index (χ1) is 6.75. The second-order valence-corrected chi connectivity index (χ2v) is 3.36. The molecule has 0 aromatic carbocycles. The Morgan fingerprint density at radius 1 is 1.47 bits per heavy atom. The summed E-state index contributed by atoms with van der Waals surface area (Å²) in [5, 5.41) is 3.12. The third kappa shape index (κ3) is 4.79. The van der Waals surface area contributed by atoms with Crippen molar-refractivity contribution in [2.45, 2.75) is 6.04 Å². The van der Waals surface area contributed by atoms with Crippen LogP contribution < -0.4 is 5.32 Å². The highest BCUT2D eigenvalue weighted by Gasteiger charge is 2.24. The Hall–Kier alpha value is -0.360. The Morgan fingerprint density at radius 3 is 2.60 bits per heavy atom. The van der Waals surface area contributed by atoms with Gasteiger partial charge in [-0.05, 0) is 0 Å². The minimum Gasteiger partial charge on any atom is -0.382 e. The van der Waals surface area contributed by atoms with Crippen LogP contribution in [0.25, 0.3) is 0 Å². The molecule has 0 spiro atoms. The molecule has 1 saturated heterocycles. The maximum absolute atomic E-state index is 11.5. The molecule has 0 radical (unpaired) electrons. The van der Waals surface area contributed by atoms with Crippen LogP contribution in [-0.2, 0) is 14.3 Å². The van der Waals surface area contributed by atoms with Crippen molar-refractivity contribution in [1.82, 2.24) is 10.2 Å². The van der Waals surface area contributed by atoms with E-state index in [-0.39, 0.29) is 24.9 Å². The molecule has 1 aliphatic heterocycles. The molecule has 1 rings (SSSR count).